The average molecular weight is 292 g/mol. The predicted octanol–water partition coefficient (Wildman–Crippen LogP) is 0.901. The first-order valence-electron chi connectivity index (χ1n) is 7.55. The van der Waals surface area contributed by atoms with Crippen LogP contribution < -0.4 is 5.32 Å². The van der Waals surface area contributed by atoms with Crippen molar-refractivity contribution in [3.8, 4) is 0 Å². The van der Waals surface area contributed by atoms with Gasteiger partial charge in [0.15, 0.2) is 0 Å². The lowest BCUT2D eigenvalue weighted by atomic mass is 9.98. The highest BCUT2D eigenvalue weighted by Gasteiger charge is 2.25. The molecule has 1 fully saturated rings. The van der Waals surface area contributed by atoms with Crippen molar-refractivity contribution >= 4 is 5.97 Å². The van der Waals surface area contributed by atoms with Crippen LogP contribution in [0.25, 0.3) is 0 Å². The summed E-state index contributed by atoms with van der Waals surface area (Å²) in [6.45, 7) is 2.80. The Kier molecular flexibility index (Phi) is 6.17. The number of carboxylic acids is 1. The van der Waals surface area contributed by atoms with Crippen molar-refractivity contribution in [2.24, 2.45) is 0 Å². The van der Waals surface area contributed by atoms with E-state index in [1.165, 1.54) is 6.42 Å². The van der Waals surface area contributed by atoms with Crippen LogP contribution in [-0.2, 0) is 4.79 Å². The van der Waals surface area contributed by atoms with Crippen molar-refractivity contribution in [2.45, 2.75) is 24.8 Å². The zero-order valence-electron chi connectivity index (χ0n) is 12.2. The number of nitrogens with zero attached hydrogens (tertiary/aromatic N) is 1. The number of aliphatic carboxylic acids is 1. The van der Waals surface area contributed by atoms with E-state index in [-0.39, 0.29) is 6.61 Å². The maximum absolute atomic E-state index is 11.6. The van der Waals surface area contributed by atoms with Crippen molar-refractivity contribution in [3.63, 3.8) is 0 Å². The van der Waals surface area contributed by atoms with Gasteiger partial charge in [-0.1, -0.05) is 30.3 Å². The second kappa shape index (κ2) is 8.12. The molecule has 1 heterocycles. The Morgan fingerprint density at radius 3 is 2.71 bits per heavy atom. The molecule has 21 heavy (non-hydrogen) atoms. The van der Waals surface area contributed by atoms with Crippen LogP contribution in [0.1, 0.15) is 24.3 Å². The second-order valence-corrected chi connectivity index (χ2v) is 5.58. The zero-order chi connectivity index (χ0) is 15.1. The highest BCUT2D eigenvalue weighted by molar-refractivity contribution is 5.76. The van der Waals surface area contributed by atoms with Crippen LogP contribution in [0.15, 0.2) is 30.3 Å². The minimum atomic E-state index is -0.816. The quantitative estimate of drug-likeness (QED) is 0.664. The van der Waals surface area contributed by atoms with Gasteiger partial charge in [-0.2, -0.15) is 0 Å². The lowest BCUT2D eigenvalue weighted by Gasteiger charge is -2.27. The first-order chi connectivity index (χ1) is 10.2. The molecule has 0 amide bonds. The fourth-order valence-corrected chi connectivity index (χ4v) is 2.89. The topological polar surface area (TPSA) is 72.8 Å². The minimum absolute atomic E-state index is 0.0495. The lowest BCUT2D eigenvalue weighted by molar-refractivity contribution is -0.139. The van der Waals surface area contributed by atoms with Gasteiger partial charge in [0.25, 0.3) is 0 Å². The number of aliphatic hydroxyl groups excluding tert-OH is 1. The van der Waals surface area contributed by atoms with Gasteiger partial charge in [-0.3, -0.25) is 9.69 Å². The molecule has 0 bridgehead atoms. The molecular formula is C16H24N2O3. The van der Waals surface area contributed by atoms with E-state index in [0.717, 1.165) is 25.1 Å². The van der Waals surface area contributed by atoms with Gasteiger partial charge in [-0.25, -0.2) is 0 Å². The Bertz CT molecular complexity index is 432. The summed E-state index contributed by atoms with van der Waals surface area (Å²) < 4.78 is 0. The van der Waals surface area contributed by atoms with Crippen molar-refractivity contribution in [2.75, 3.05) is 32.8 Å². The maximum Gasteiger partial charge on any atom is 0.312 e. The number of nitrogens with one attached hydrogen (secondary N) is 1. The van der Waals surface area contributed by atoms with Crippen LogP contribution in [-0.4, -0.2) is 59.9 Å². The largest absolute Gasteiger partial charge is 0.481 e. The molecule has 0 radical (unpaired) electrons. The van der Waals surface area contributed by atoms with Gasteiger partial charge in [0.1, 0.15) is 0 Å². The van der Waals surface area contributed by atoms with Crippen molar-refractivity contribution in [1.82, 2.24) is 10.2 Å². The number of rotatable bonds is 8. The number of aliphatic hydroxyl groups is 1. The van der Waals surface area contributed by atoms with Gasteiger partial charge in [0, 0.05) is 25.7 Å². The molecule has 2 unspecified atom stereocenters. The summed E-state index contributed by atoms with van der Waals surface area (Å²) in [5, 5.41) is 22.1. The molecule has 0 aliphatic carbocycles. The van der Waals surface area contributed by atoms with Gasteiger partial charge in [-0.05, 0) is 24.9 Å². The molecule has 5 nitrogen and oxygen atoms in total. The highest BCUT2D eigenvalue weighted by Crippen LogP contribution is 2.18. The van der Waals surface area contributed by atoms with E-state index in [0.29, 0.717) is 19.1 Å². The molecule has 3 N–H and O–H groups in total. The molecule has 2 rings (SSSR count). The minimum Gasteiger partial charge on any atom is -0.481 e. The summed E-state index contributed by atoms with van der Waals surface area (Å²) in [5.74, 6) is -1.37. The molecule has 2 atom stereocenters. The summed E-state index contributed by atoms with van der Waals surface area (Å²) >= 11 is 0. The number of hydrogen-bond acceptors (Lipinski definition) is 4. The molecule has 116 valence electrons. The molecular weight excluding hydrogens is 268 g/mol. The van der Waals surface area contributed by atoms with Crippen LogP contribution in [0.3, 0.4) is 0 Å². The van der Waals surface area contributed by atoms with E-state index < -0.39 is 11.9 Å². The van der Waals surface area contributed by atoms with Gasteiger partial charge < -0.3 is 15.5 Å². The van der Waals surface area contributed by atoms with Gasteiger partial charge in [0.2, 0.25) is 0 Å². The van der Waals surface area contributed by atoms with Gasteiger partial charge in [-0.15, -0.1) is 0 Å². The van der Waals surface area contributed by atoms with Crippen molar-refractivity contribution in [1.29, 1.82) is 0 Å². The van der Waals surface area contributed by atoms with E-state index in [1.807, 2.05) is 30.3 Å². The summed E-state index contributed by atoms with van der Waals surface area (Å²) in [6, 6.07) is 9.71. The molecule has 1 aliphatic heterocycles. The number of hydrogen-bond donors (Lipinski definition) is 3. The van der Waals surface area contributed by atoms with Crippen LogP contribution >= 0.6 is 0 Å². The fourth-order valence-electron chi connectivity index (χ4n) is 2.89. The van der Waals surface area contributed by atoms with Crippen LogP contribution in [0.2, 0.25) is 0 Å². The summed E-state index contributed by atoms with van der Waals surface area (Å²) in [5.41, 5.74) is 0.812. The monoisotopic (exact) mass is 292 g/mol. The maximum atomic E-state index is 11.6. The van der Waals surface area contributed by atoms with Gasteiger partial charge in [0.05, 0.1) is 12.5 Å². The van der Waals surface area contributed by atoms with Crippen molar-refractivity contribution in [3.05, 3.63) is 35.9 Å². The predicted molar refractivity (Wildman–Crippen MR) is 81.4 cm³/mol. The number of carbonyl (C=O) groups is 1. The Morgan fingerprint density at radius 1 is 1.38 bits per heavy atom. The molecule has 0 aromatic heterocycles. The smallest absolute Gasteiger partial charge is 0.312 e. The van der Waals surface area contributed by atoms with E-state index in [9.17, 15) is 15.0 Å². The molecule has 1 aromatic carbocycles. The third kappa shape index (κ3) is 4.81. The Balaban J connectivity index is 2.02. The molecule has 0 spiro atoms. The average Bonchev–Trinajstić information content (AvgIpc) is 2.98. The third-order valence-electron chi connectivity index (χ3n) is 4.00. The summed E-state index contributed by atoms with van der Waals surface area (Å²) in [7, 11) is 0. The second-order valence-electron chi connectivity index (χ2n) is 5.58. The molecule has 1 aromatic rings. The van der Waals surface area contributed by atoms with E-state index in [1.54, 1.807) is 0 Å². The fraction of sp³-hybridized carbons (Fsp3) is 0.562. The Morgan fingerprint density at radius 2 is 2.14 bits per heavy atom. The SMILES string of the molecule is O=C(O)C(CN(CCO)CC1CCCN1)c1ccccc1. The Hall–Kier alpha value is -1.43. The van der Waals surface area contributed by atoms with E-state index >= 15 is 0 Å². The third-order valence-corrected chi connectivity index (χ3v) is 4.00. The van der Waals surface area contributed by atoms with Crippen LogP contribution in [0.4, 0.5) is 0 Å². The van der Waals surface area contributed by atoms with Gasteiger partial charge >= 0.3 is 5.97 Å². The zero-order valence-corrected chi connectivity index (χ0v) is 12.2. The van der Waals surface area contributed by atoms with Crippen LogP contribution in [0.5, 0.6) is 0 Å². The van der Waals surface area contributed by atoms with E-state index in [4.69, 9.17) is 0 Å². The molecule has 5 heteroatoms. The molecule has 1 saturated heterocycles. The first kappa shape index (κ1) is 15.9. The van der Waals surface area contributed by atoms with E-state index in [2.05, 4.69) is 10.2 Å². The first-order valence-corrected chi connectivity index (χ1v) is 7.55. The normalized spacial score (nSPS) is 19.8. The summed E-state index contributed by atoms with van der Waals surface area (Å²) in [4.78, 5) is 13.6. The Labute approximate surface area is 125 Å². The van der Waals surface area contributed by atoms with Crippen LogP contribution in [0, 0.1) is 0 Å². The lowest BCUT2D eigenvalue weighted by Crippen LogP contribution is -2.42. The highest BCUT2D eigenvalue weighted by atomic mass is 16.4. The summed E-state index contributed by atoms with van der Waals surface area (Å²) in [6.07, 6.45) is 2.28. The number of carboxylic acid groups (broad SMARTS) is 1. The van der Waals surface area contributed by atoms with Crippen molar-refractivity contribution < 1.29 is 15.0 Å². The standard InChI is InChI=1S/C16H24N2O3/c19-10-9-18(11-14-7-4-8-17-14)12-15(16(20)21)13-5-2-1-3-6-13/h1-3,5-6,14-15,17,19H,4,7-12H2,(H,20,21). The molecule has 0 saturated carbocycles. The number of benzene rings is 1. The molecule has 1 aliphatic rings.